The number of carbonyl (C=O) groups is 1. The van der Waals surface area contributed by atoms with Gasteiger partial charge in [0.25, 0.3) is 5.91 Å². The van der Waals surface area contributed by atoms with Crippen LogP contribution in [0.5, 0.6) is 11.5 Å². The van der Waals surface area contributed by atoms with Gasteiger partial charge in [0.2, 0.25) is 10.0 Å². The fourth-order valence-electron chi connectivity index (χ4n) is 2.41. The first-order valence-electron chi connectivity index (χ1n) is 8.53. The quantitative estimate of drug-likeness (QED) is 0.518. The number of aromatic nitrogens is 1. The molecule has 8 nitrogen and oxygen atoms in total. The Labute approximate surface area is 182 Å². The first-order chi connectivity index (χ1) is 14.2. The minimum absolute atomic E-state index is 0.221. The topological polar surface area (TPSA) is 107 Å². The van der Waals surface area contributed by atoms with E-state index in [-0.39, 0.29) is 23.7 Å². The number of carbonyl (C=O) groups excluding carboxylic acids is 1. The van der Waals surface area contributed by atoms with Crippen LogP contribution in [0.4, 0.5) is 11.4 Å². The number of thiazole rings is 1. The van der Waals surface area contributed by atoms with Crippen molar-refractivity contribution in [2.75, 3.05) is 23.4 Å². The van der Waals surface area contributed by atoms with E-state index in [2.05, 4.69) is 15.0 Å². The number of hydrogen-bond donors (Lipinski definition) is 2. The van der Waals surface area contributed by atoms with Gasteiger partial charge >= 0.3 is 0 Å². The highest BCUT2D eigenvalue weighted by atomic mass is 35.5. The summed E-state index contributed by atoms with van der Waals surface area (Å²) in [6.07, 6.45) is 1.04. The van der Waals surface area contributed by atoms with Crippen molar-refractivity contribution in [1.29, 1.82) is 0 Å². The van der Waals surface area contributed by atoms with Crippen LogP contribution in [-0.4, -0.2) is 32.7 Å². The molecule has 2 N–H and O–H groups in total. The maximum atomic E-state index is 12.5. The molecule has 0 atom stereocenters. The summed E-state index contributed by atoms with van der Waals surface area (Å²) >= 11 is 7.14. The van der Waals surface area contributed by atoms with Crippen LogP contribution in [-0.2, 0) is 16.6 Å². The molecule has 0 aliphatic rings. The highest BCUT2D eigenvalue weighted by Gasteiger charge is 2.14. The number of amides is 1. The van der Waals surface area contributed by atoms with E-state index in [1.54, 1.807) is 35.7 Å². The van der Waals surface area contributed by atoms with Crippen LogP contribution < -0.4 is 19.5 Å². The van der Waals surface area contributed by atoms with Crippen molar-refractivity contribution < 1.29 is 22.7 Å². The zero-order valence-corrected chi connectivity index (χ0v) is 18.4. The van der Waals surface area contributed by atoms with Crippen LogP contribution in [0.3, 0.4) is 0 Å². The number of benzene rings is 2. The number of hydrogen-bond acceptors (Lipinski definition) is 7. The molecule has 0 saturated heterocycles. The van der Waals surface area contributed by atoms with Crippen molar-refractivity contribution >= 4 is 50.2 Å². The predicted molar refractivity (Wildman–Crippen MR) is 117 cm³/mol. The summed E-state index contributed by atoms with van der Waals surface area (Å²) in [5.41, 5.74) is 0.947. The molecule has 11 heteroatoms. The van der Waals surface area contributed by atoms with E-state index in [0.29, 0.717) is 21.5 Å². The largest absolute Gasteiger partial charge is 0.494 e. The molecule has 3 aromatic rings. The third-order valence-electron chi connectivity index (χ3n) is 3.72. The average molecular weight is 468 g/mol. The van der Waals surface area contributed by atoms with Gasteiger partial charge in [0.15, 0.2) is 0 Å². The van der Waals surface area contributed by atoms with Gasteiger partial charge < -0.3 is 14.8 Å². The van der Waals surface area contributed by atoms with Gasteiger partial charge in [-0.05, 0) is 36.4 Å². The summed E-state index contributed by atoms with van der Waals surface area (Å²) in [7, 11) is -2.05. The van der Waals surface area contributed by atoms with Gasteiger partial charge in [0.05, 0.1) is 19.1 Å². The maximum Gasteiger partial charge on any atom is 0.275 e. The first-order valence-corrected chi connectivity index (χ1v) is 11.7. The Morgan fingerprint density at radius 1 is 1.20 bits per heavy atom. The summed E-state index contributed by atoms with van der Waals surface area (Å²) in [6, 6.07) is 11.5. The molecule has 0 aliphatic heterocycles. The van der Waals surface area contributed by atoms with Crippen molar-refractivity contribution in [3.05, 3.63) is 63.6 Å². The molecule has 0 saturated carbocycles. The third-order valence-corrected chi connectivity index (χ3v) is 5.38. The summed E-state index contributed by atoms with van der Waals surface area (Å²) in [6.45, 7) is 0.221. The average Bonchev–Trinajstić information content (AvgIpc) is 3.17. The first kappa shape index (κ1) is 21.9. The molecule has 0 spiro atoms. The van der Waals surface area contributed by atoms with Gasteiger partial charge in [0, 0.05) is 22.2 Å². The molecule has 3 rings (SSSR count). The van der Waals surface area contributed by atoms with Crippen LogP contribution in [0, 0.1) is 0 Å². The lowest BCUT2D eigenvalue weighted by Crippen LogP contribution is -2.14. The zero-order chi connectivity index (χ0) is 21.7. The number of rotatable bonds is 8. The standard InChI is InChI=1S/C19H18ClN3O5S2/c1-27-17-9-13(5-8-15(17)23-30(2,25)26)21-19(24)16-11-29-18(22-16)10-28-14-6-3-12(20)4-7-14/h3-9,11,23H,10H2,1-2H3,(H,21,24). The highest BCUT2D eigenvalue weighted by molar-refractivity contribution is 7.92. The van der Waals surface area contributed by atoms with Gasteiger partial charge in [-0.25, -0.2) is 13.4 Å². The Morgan fingerprint density at radius 2 is 1.93 bits per heavy atom. The van der Waals surface area contributed by atoms with Crippen molar-refractivity contribution in [3.8, 4) is 11.5 Å². The van der Waals surface area contributed by atoms with E-state index in [9.17, 15) is 13.2 Å². The van der Waals surface area contributed by atoms with E-state index < -0.39 is 15.9 Å². The van der Waals surface area contributed by atoms with E-state index in [4.69, 9.17) is 21.1 Å². The summed E-state index contributed by atoms with van der Waals surface area (Å²) in [5, 5.41) is 5.60. The number of halogens is 1. The Hall–Kier alpha value is -2.82. The van der Waals surface area contributed by atoms with E-state index in [0.717, 1.165) is 6.26 Å². The molecule has 1 aromatic heterocycles. The molecule has 158 valence electrons. The Kier molecular flexibility index (Phi) is 6.80. The van der Waals surface area contributed by atoms with Crippen molar-refractivity contribution in [3.63, 3.8) is 0 Å². The van der Waals surface area contributed by atoms with Crippen molar-refractivity contribution in [1.82, 2.24) is 4.98 Å². The molecule has 0 bridgehead atoms. The summed E-state index contributed by atoms with van der Waals surface area (Å²) in [4.78, 5) is 16.8. The second-order valence-corrected chi connectivity index (χ2v) is 9.24. The lowest BCUT2D eigenvalue weighted by molar-refractivity contribution is 0.102. The Balaban J connectivity index is 1.64. The second kappa shape index (κ2) is 9.33. The lowest BCUT2D eigenvalue weighted by atomic mass is 10.2. The fraction of sp³-hybridized carbons (Fsp3) is 0.158. The zero-order valence-electron chi connectivity index (χ0n) is 16.0. The number of ether oxygens (including phenoxy) is 2. The predicted octanol–water partition coefficient (Wildman–Crippen LogP) is 4.01. The van der Waals surface area contributed by atoms with Crippen LogP contribution in [0.2, 0.25) is 5.02 Å². The number of nitrogens with zero attached hydrogens (tertiary/aromatic N) is 1. The number of anilines is 2. The van der Waals surface area contributed by atoms with Gasteiger partial charge in [0.1, 0.15) is 28.8 Å². The van der Waals surface area contributed by atoms with E-state index >= 15 is 0 Å². The molecule has 1 amide bonds. The molecule has 2 aromatic carbocycles. The van der Waals surface area contributed by atoms with Crippen LogP contribution in [0.1, 0.15) is 15.5 Å². The van der Waals surface area contributed by atoms with E-state index in [1.807, 2.05) is 0 Å². The van der Waals surface area contributed by atoms with Crippen molar-refractivity contribution in [2.24, 2.45) is 0 Å². The minimum Gasteiger partial charge on any atom is -0.494 e. The van der Waals surface area contributed by atoms with Gasteiger partial charge in [-0.15, -0.1) is 11.3 Å². The van der Waals surface area contributed by atoms with Gasteiger partial charge in [-0.2, -0.15) is 0 Å². The van der Waals surface area contributed by atoms with Crippen molar-refractivity contribution in [2.45, 2.75) is 6.61 Å². The molecule has 1 heterocycles. The van der Waals surface area contributed by atoms with E-state index in [1.165, 1.54) is 30.6 Å². The molecular formula is C19H18ClN3O5S2. The summed E-state index contributed by atoms with van der Waals surface area (Å²) < 4.78 is 36.0. The molecule has 0 aliphatic carbocycles. The van der Waals surface area contributed by atoms with Gasteiger partial charge in [-0.3, -0.25) is 9.52 Å². The highest BCUT2D eigenvalue weighted by Crippen LogP contribution is 2.29. The Bertz CT molecular complexity index is 1150. The third kappa shape index (κ3) is 6.09. The Morgan fingerprint density at radius 3 is 2.60 bits per heavy atom. The van der Waals surface area contributed by atoms with Crippen LogP contribution in [0.25, 0.3) is 0 Å². The lowest BCUT2D eigenvalue weighted by Gasteiger charge is -2.12. The van der Waals surface area contributed by atoms with Crippen LogP contribution in [0.15, 0.2) is 47.8 Å². The van der Waals surface area contributed by atoms with Crippen LogP contribution >= 0.6 is 22.9 Å². The molecule has 30 heavy (non-hydrogen) atoms. The summed E-state index contributed by atoms with van der Waals surface area (Å²) in [5.74, 6) is 0.513. The molecule has 0 unspecified atom stereocenters. The second-order valence-electron chi connectivity index (χ2n) is 6.11. The smallest absolute Gasteiger partial charge is 0.275 e. The number of sulfonamides is 1. The normalized spacial score (nSPS) is 11.0. The number of methoxy groups -OCH3 is 1. The fourth-order valence-corrected chi connectivity index (χ4v) is 3.79. The monoisotopic (exact) mass is 467 g/mol. The molecular weight excluding hydrogens is 450 g/mol. The maximum absolute atomic E-state index is 12.5. The van der Waals surface area contributed by atoms with Gasteiger partial charge in [-0.1, -0.05) is 11.6 Å². The molecule has 0 radical (unpaired) electrons. The molecule has 0 fully saturated rings. The minimum atomic E-state index is -3.46. The number of nitrogens with one attached hydrogen (secondary N) is 2. The SMILES string of the molecule is COc1cc(NC(=O)c2csc(COc3ccc(Cl)cc3)n2)ccc1NS(C)(=O)=O.